The van der Waals surface area contributed by atoms with Crippen molar-refractivity contribution < 1.29 is 14.7 Å². The number of carboxylic acid groups (broad SMARTS) is 1. The largest absolute Gasteiger partial charge is 0.478 e. The summed E-state index contributed by atoms with van der Waals surface area (Å²) in [6.07, 6.45) is 2.01. The lowest BCUT2D eigenvalue weighted by Crippen LogP contribution is -2.33. The molecule has 1 amide bonds. The first-order valence-electron chi connectivity index (χ1n) is 14.1. The van der Waals surface area contributed by atoms with E-state index < -0.39 is 5.97 Å². The van der Waals surface area contributed by atoms with E-state index in [4.69, 9.17) is 12.2 Å². The van der Waals surface area contributed by atoms with Crippen molar-refractivity contribution in [3.8, 4) is 5.69 Å². The van der Waals surface area contributed by atoms with Crippen LogP contribution in [-0.2, 0) is 4.79 Å². The minimum Gasteiger partial charge on any atom is -0.478 e. The van der Waals surface area contributed by atoms with E-state index in [0.717, 1.165) is 44.8 Å². The topological polar surface area (TPSA) is 99.5 Å². The number of nitrogens with one attached hydrogen (secondary N) is 2. The van der Waals surface area contributed by atoms with Crippen molar-refractivity contribution in [2.45, 2.75) is 32.4 Å². The Morgan fingerprint density at radius 3 is 2.47 bits per heavy atom. The number of fused-ring (bicyclic) bond motifs is 1. The van der Waals surface area contributed by atoms with Gasteiger partial charge in [0, 0.05) is 47.3 Å². The summed E-state index contributed by atoms with van der Waals surface area (Å²) in [4.78, 5) is 31.4. The van der Waals surface area contributed by atoms with Crippen molar-refractivity contribution in [1.82, 2.24) is 19.8 Å². The van der Waals surface area contributed by atoms with Gasteiger partial charge < -0.3 is 25.2 Å². The molecule has 1 aliphatic heterocycles. The maximum Gasteiger partial charge on any atom is 0.335 e. The summed E-state index contributed by atoms with van der Waals surface area (Å²) >= 11 is 5.85. The van der Waals surface area contributed by atoms with E-state index >= 15 is 0 Å². The number of benzene rings is 3. The van der Waals surface area contributed by atoms with Gasteiger partial charge in [-0.05, 0) is 85.5 Å². The number of nitrogens with zero attached hydrogens (tertiary/aromatic N) is 3. The second-order valence-corrected chi connectivity index (χ2v) is 11.0. The van der Waals surface area contributed by atoms with Gasteiger partial charge in [0.05, 0.1) is 23.3 Å². The van der Waals surface area contributed by atoms with Crippen LogP contribution in [0.4, 0.5) is 5.69 Å². The average Bonchev–Trinajstić information content (AvgIpc) is 3.50. The molecule has 0 radical (unpaired) electrons. The summed E-state index contributed by atoms with van der Waals surface area (Å²) in [6.45, 7) is 4.49. The van der Waals surface area contributed by atoms with Crippen molar-refractivity contribution in [3.63, 3.8) is 0 Å². The number of aromatic carboxylic acids is 1. The Kier molecular flexibility index (Phi) is 7.65. The average molecular weight is 590 g/mol. The molecule has 5 aromatic rings. The van der Waals surface area contributed by atoms with Crippen LogP contribution in [0.5, 0.6) is 0 Å². The molecule has 6 rings (SSSR count). The second-order valence-electron chi connectivity index (χ2n) is 10.7. The molecular weight excluding hydrogens is 558 g/mol. The number of rotatable bonds is 8. The van der Waals surface area contributed by atoms with Gasteiger partial charge in [-0.15, -0.1) is 0 Å². The molecule has 2 aromatic heterocycles. The Bertz CT molecular complexity index is 1830. The van der Waals surface area contributed by atoms with Crippen LogP contribution in [0.25, 0.3) is 16.5 Å². The van der Waals surface area contributed by atoms with Gasteiger partial charge in [-0.25, -0.2) is 4.79 Å². The van der Waals surface area contributed by atoms with E-state index in [-0.39, 0.29) is 30.0 Å². The van der Waals surface area contributed by atoms with Gasteiger partial charge in [0.2, 0.25) is 5.91 Å². The lowest BCUT2D eigenvalue weighted by atomic mass is 9.96. The summed E-state index contributed by atoms with van der Waals surface area (Å²) < 4.78 is 2.11. The molecule has 0 bridgehead atoms. The van der Waals surface area contributed by atoms with Crippen molar-refractivity contribution >= 4 is 45.7 Å². The summed E-state index contributed by atoms with van der Waals surface area (Å²) in [7, 11) is 0. The number of pyridine rings is 1. The number of anilines is 1. The zero-order chi connectivity index (χ0) is 30.1. The molecule has 3 aromatic carbocycles. The number of hydrogen-bond acceptors (Lipinski definition) is 4. The number of carbonyl (C=O) groups excluding carboxylic acids is 1. The third kappa shape index (κ3) is 5.47. The molecule has 0 aliphatic carbocycles. The second kappa shape index (κ2) is 11.7. The zero-order valence-electron chi connectivity index (χ0n) is 23.8. The molecule has 216 valence electrons. The number of thiocarbonyl (C=S) groups is 1. The van der Waals surface area contributed by atoms with Crippen LogP contribution in [0.15, 0.2) is 97.2 Å². The van der Waals surface area contributed by atoms with E-state index in [1.54, 1.807) is 18.3 Å². The van der Waals surface area contributed by atoms with Crippen molar-refractivity contribution in [2.24, 2.45) is 0 Å². The van der Waals surface area contributed by atoms with E-state index in [1.165, 1.54) is 0 Å². The van der Waals surface area contributed by atoms with Crippen LogP contribution in [0.1, 0.15) is 51.5 Å². The van der Waals surface area contributed by atoms with Crippen LogP contribution in [-0.4, -0.2) is 43.1 Å². The molecule has 1 aliphatic rings. The third-order valence-corrected chi connectivity index (χ3v) is 8.36. The lowest BCUT2D eigenvalue weighted by Gasteiger charge is -2.28. The smallest absolute Gasteiger partial charge is 0.335 e. The highest BCUT2D eigenvalue weighted by atomic mass is 32.1. The fourth-order valence-corrected chi connectivity index (χ4v) is 6.32. The maximum absolute atomic E-state index is 13.2. The van der Waals surface area contributed by atoms with Gasteiger partial charge in [0.15, 0.2) is 5.11 Å². The SMILES string of the molecule is Cc1cc([C@@H]2[C@@H](c3ccccn3)NC(=S)N2CCC(=O)Nc2cccc3ccccc23)c(C)n1-c1ccc(C(=O)O)cc1. The molecule has 2 atom stereocenters. The fourth-order valence-electron chi connectivity index (χ4n) is 5.99. The Hall–Kier alpha value is -5.02. The van der Waals surface area contributed by atoms with Crippen LogP contribution >= 0.6 is 12.2 Å². The number of carboxylic acids is 1. The number of aryl methyl sites for hydroxylation is 1. The molecule has 0 unspecified atom stereocenters. The summed E-state index contributed by atoms with van der Waals surface area (Å²) in [5, 5.41) is 18.5. The van der Waals surface area contributed by atoms with Crippen LogP contribution in [0.3, 0.4) is 0 Å². The summed E-state index contributed by atoms with van der Waals surface area (Å²) in [6, 6.07) is 28.2. The number of amides is 1. The molecular formula is C34H31N5O3S. The van der Waals surface area contributed by atoms with E-state index in [9.17, 15) is 14.7 Å². The van der Waals surface area contributed by atoms with E-state index in [2.05, 4.69) is 38.1 Å². The fraction of sp³-hybridized carbons (Fsp3) is 0.176. The predicted molar refractivity (Wildman–Crippen MR) is 172 cm³/mol. The molecule has 0 spiro atoms. The van der Waals surface area contributed by atoms with E-state index in [1.807, 2.05) is 79.7 Å². The van der Waals surface area contributed by atoms with Crippen LogP contribution in [0, 0.1) is 13.8 Å². The van der Waals surface area contributed by atoms with Crippen molar-refractivity contribution in [3.05, 3.63) is 125 Å². The number of aromatic nitrogens is 2. The maximum atomic E-state index is 13.2. The quantitative estimate of drug-likeness (QED) is 0.182. The monoisotopic (exact) mass is 589 g/mol. The van der Waals surface area contributed by atoms with Gasteiger partial charge in [0.1, 0.15) is 0 Å². The number of hydrogen-bond donors (Lipinski definition) is 3. The Balaban J connectivity index is 1.31. The van der Waals surface area contributed by atoms with Crippen molar-refractivity contribution in [2.75, 3.05) is 11.9 Å². The zero-order valence-corrected chi connectivity index (χ0v) is 24.6. The first kappa shape index (κ1) is 28.1. The summed E-state index contributed by atoms with van der Waals surface area (Å²) in [5.74, 6) is -1.06. The van der Waals surface area contributed by atoms with Gasteiger partial charge in [-0.1, -0.05) is 42.5 Å². The van der Waals surface area contributed by atoms with Crippen molar-refractivity contribution in [1.29, 1.82) is 0 Å². The summed E-state index contributed by atoms with van der Waals surface area (Å²) in [5.41, 5.74) is 5.80. The molecule has 3 heterocycles. The highest BCUT2D eigenvalue weighted by Crippen LogP contribution is 2.41. The first-order chi connectivity index (χ1) is 20.8. The molecule has 43 heavy (non-hydrogen) atoms. The Labute approximate surface area is 255 Å². The van der Waals surface area contributed by atoms with Crippen LogP contribution in [0.2, 0.25) is 0 Å². The van der Waals surface area contributed by atoms with Gasteiger partial charge in [-0.3, -0.25) is 9.78 Å². The van der Waals surface area contributed by atoms with Crippen LogP contribution < -0.4 is 10.6 Å². The Morgan fingerprint density at radius 1 is 0.977 bits per heavy atom. The Morgan fingerprint density at radius 2 is 1.72 bits per heavy atom. The highest BCUT2D eigenvalue weighted by Gasteiger charge is 2.41. The normalized spacial score (nSPS) is 16.3. The predicted octanol–water partition coefficient (Wildman–Crippen LogP) is 6.34. The highest BCUT2D eigenvalue weighted by molar-refractivity contribution is 7.80. The molecule has 3 N–H and O–H groups in total. The van der Waals surface area contributed by atoms with Gasteiger partial charge in [-0.2, -0.15) is 0 Å². The molecule has 0 saturated carbocycles. The van der Waals surface area contributed by atoms with Gasteiger partial charge >= 0.3 is 5.97 Å². The third-order valence-electron chi connectivity index (χ3n) is 8.00. The molecule has 1 fully saturated rings. The van der Waals surface area contributed by atoms with Gasteiger partial charge in [0.25, 0.3) is 0 Å². The lowest BCUT2D eigenvalue weighted by molar-refractivity contribution is -0.116. The number of carbonyl (C=O) groups is 2. The van der Waals surface area contributed by atoms with E-state index in [0.29, 0.717) is 11.7 Å². The molecule has 8 nitrogen and oxygen atoms in total. The first-order valence-corrected chi connectivity index (χ1v) is 14.5. The molecule has 9 heteroatoms. The standard InChI is InChI=1S/C34H31N5O3S/c1-21-20-27(22(2)39(21)25-15-13-24(14-16-25)33(41)42)32-31(29-11-5-6-18-35-29)37-34(43)38(32)19-17-30(40)36-28-12-7-9-23-8-3-4-10-26(23)28/h3-16,18,20,31-32H,17,19H2,1-2H3,(H,36,40)(H,37,43)(H,41,42)/t31-,32-/m1/s1. The molecule has 1 saturated heterocycles. The minimum atomic E-state index is -0.961. The minimum absolute atomic E-state index is 0.0943.